The Morgan fingerprint density at radius 3 is 2.22 bits per heavy atom. The number of benzene rings is 2. The van der Waals surface area contributed by atoms with Gasteiger partial charge in [-0.3, -0.25) is 4.79 Å². The van der Waals surface area contributed by atoms with Gasteiger partial charge in [0, 0.05) is 0 Å². The average Bonchev–Trinajstić information content (AvgIpc) is 2.40. The Bertz CT molecular complexity index is 530. The summed E-state index contributed by atoms with van der Waals surface area (Å²) >= 11 is 0. The maximum Gasteiger partial charge on any atom is 0.153 e. The molecule has 2 aromatic carbocycles. The lowest BCUT2D eigenvalue weighted by atomic mass is 9.98. The molecule has 2 heteroatoms. The molecule has 0 atom stereocenters. The molecule has 0 spiro atoms. The monoisotopic (exact) mass is 240 g/mol. The van der Waals surface area contributed by atoms with Crippen molar-refractivity contribution in [1.29, 1.82) is 0 Å². The normalized spacial score (nSPS) is 11.0. The smallest absolute Gasteiger partial charge is 0.153 e. The van der Waals surface area contributed by atoms with Crippen molar-refractivity contribution in [3.63, 3.8) is 0 Å². The fourth-order valence-electron chi connectivity index (χ4n) is 1.84. The fraction of sp³-hybridized carbons (Fsp3) is 0.188. The predicted molar refractivity (Wildman–Crippen MR) is 71.9 cm³/mol. The number of aldehydes is 1. The highest BCUT2D eigenvalue weighted by molar-refractivity contribution is 5.79. The van der Waals surface area contributed by atoms with Crippen LogP contribution in [0.3, 0.4) is 0 Å². The van der Waals surface area contributed by atoms with Crippen LogP contribution in [0, 0.1) is 0 Å². The number of ether oxygens (including phenoxy) is 1. The minimum Gasteiger partial charge on any atom is -0.482 e. The van der Waals surface area contributed by atoms with Gasteiger partial charge in [0.2, 0.25) is 0 Å². The molecular formula is C16H16O2. The van der Waals surface area contributed by atoms with Crippen molar-refractivity contribution in [3.8, 4) is 5.75 Å². The first-order valence-corrected chi connectivity index (χ1v) is 5.92. The largest absolute Gasteiger partial charge is 0.482 e. The number of hydrogen-bond acceptors (Lipinski definition) is 2. The van der Waals surface area contributed by atoms with E-state index in [9.17, 15) is 4.79 Å². The third kappa shape index (κ3) is 2.59. The van der Waals surface area contributed by atoms with E-state index in [-0.39, 0.29) is 0 Å². The van der Waals surface area contributed by atoms with Gasteiger partial charge in [0.05, 0.1) is 5.56 Å². The molecule has 2 nitrogen and oxygen atoms in total. The third-order valence-electron chi connectivity index (χ3n) is 2.88. The minimum absolute atomic E-state index is 0.472. The van der Waals surface area contributed by atoms with E-state index in [0.29, 0.717) is 11.3 Å². The molecule has 0 radical (unpaired) electrons. The second-order valence-corrected chi connectivity index (χ2v) is 4.63. The number of para-hydroxylation sites is 1. The summed E-state index contributed by atoms with van der Waals surface area (Å²) in [6.45, 7) is 3.98. The molecule has 0 aromatic heterocycles. The molecule has 2 aromatic rings. The number of carbonyl (C=O) groups excluding carboxylic acids is 1. The average molecular weight is 240 g/mol. The van der Waals surface area contributed by atoms with Crippen LogP contribution < -0.4 is 4.74 Å². The van der Waals surface area contributed by atoms with Crippen molar-refractivity contribution in [3.05, 3.63) is 65.7 Å². The second kappa shape index (κ2) is 5.05. The maximum atomic E-state index is 11.0. The summed E-state index contributed by atoms with van der Waals surface area (Å²) in [5.74, 6) is 0.612. The first kappa shape index (κ1) is 12.4. The summed E-state index contributed by atoms with van der Waals surface area (Å²) in [7, 11) is 0. The summed E-state index contributed by atoms with van der Waals surface area (Å²) in [5, 5.41) is 0. The third-order valence-corrected chi connectivity index (χ3v) is 2.88. The van der Waals surface area contributed by atoms with Gasteiger partial charge in [0.25, 0.3) is 0 Å². The van der Waals surface area contributed by atoms with Crippen LogP contribution in [0.1, 0.15) is 29.8 Å². The number of hydrogen-bond donors (Lipinski definition) is 0. The summed E-state index contributed by atoms with van der Waals surface area (Å²) in [5.41, 5.74) is 1.17. The van der Waals surface area contributed by atoms with Gasteiger partial charge in [-0.25, -0.2) is 0 Å². The molecule has 18 heavy (non-hydrogen) atoms. The molecule has 92 valence electrons. The van der Waals surface area contributed by atoms with E-state index in [4.69, 9.17) is 4.74 Å². The summed E-state index contributed by atoms with van der Waals surface area (Å²) in [6.07, 6.45) is 0.816. The first-order chi connectivity index (χ1) is 8.63. The molecule has 0 aliphatic heterocycles. The Morgan fingerprint density at radius 1 is 0.944 bits per heavy atom. The van der Waals surface area contributed by atoms with Gasteiger partial charge < -0.3 is 4.74 Å². The van der Waals surface area contributed by atoms with E-state index in [1.165, 1.54) is 0 Å². The molecule has 0 saturated heterocycles. The molecule has 2 rings (SSSR count). The SMILES string of the molecule is CC(C)(Oc1ccccc1C=O)c1ccccc1. The van der Waals surface area contributed by atoms with E-state index in [2.05, 4.69) is 0 Å². The number of rotatable bonds is 4. The lowest BCUT2D eigenvalue weighted by Gasteiger charge is -2.27. The molecule has 0 fully saturated rings. The van der Waals surface area contributed by atoms with Crippen LogP contribution in [0.15, 0.2) is 54.6 Å². The van der Waals surface area contributed by atoms with E-state index >= 15 is 0 Å². The van der Waals surface area contributed by atoms with E-state index in [0.717, 1.165) is 11.8 Å². The highest BCUT2D eigenvalue weighted by atomic mass is 16.5. The zero-order valence-corrected chi connectivity index (χ0v) is 10.6. The Hall–Kier alpha value is -2.09. The van der Waals surface area contributed by atoms with E-state index in [1.807, 2.05) is 62.4 Å². The second-order valence-electron chi connectivity index (χ2n) is 4.63. The Kier molecular flexibility index (Phi) is 3.47. The fourth-order valence-corrected chi connectivity index (χ4v) is 1.84. The van der Waals surface area contributed by atoms with Crippen molar-refractivity contribution < 1.29 is 9.53 Å². The highest BCUT2D eigenvalue weighted by Crippen LogP contribution is 2.29. The molecule has 0 aliphatic carbocycles. The molecule has 0 saturated carbocycles. The van der Waals surface area contributed by atoms with Crippen molar-refractivity contribution in [1.82, 2.24) is 0 Å². The van der Waals surface area contributed by atoms with E-state index in [1.54, 1.807) is 6.07 Å². The lowest BCUT2D eigenvalue weighted by molar-refractivity contribution is 0.102. The van der Waals surface area contributed by atoms with Crippen molar-refractivity contribution in [2.45, 2.75) is 19.4 Å². The van der Waals surface area contributed by atoms with Crippen molar-refractivity contribution in [2.24, 2.45) is 0 Å². The zero-order chi connectivity index (χ0) is 13.0. The van der Waals surface area contributed by atoms with Crippen molar-refractivity contribution >= 4 is 6.29 Å². The molecule has 0 heterocycles. The van der Waals surface area contributed by atoms with Crippen LogP contribution in [0.4, 0.5) is 0 Å². The van der Waals surface area contributed by atoms with Crippen LogP contribution in [-0.4, -0.2) is 6.29 Å². The van der Waals surface area contributed by atoms with Gasteiger partial charge >= 0.3 is 0 Å². The van der Waals surface area contributed by atoms with Crippen LogP contribution in [0.5, 0.6) is 5.75 Å². The summed E-state index contributed by atoms with van der Waals surface area (Å²) in [4.78, 5) is 11.0. The molecule has 0 amide bonds. The molecule has 0 aliphatic rings. The summed E-state index contributed by atoms with van der Waals surface area (Å²) in [6, 6.07) is 17.2. The quantitative estimate of drug-likeness (QED) is 0.759. The van der Waals surface area contributed by atoms with Gasteiger partial charge in [-0.2, -0.15) is 0 Å². The predicted octanol–water partition coefficient (Wildman–Crippen LogP) is 3.81. The van der Waals surface area contributed by atoms with E-state index < -0.39 is 5.60 Å². The first-order valence-electron chi connectivity index (χ1n) is 5.92. The van der Waals surface area contributed by atoms with Crippen LogP contribution >= 0.6 is 0 Å². The molecule has 0 N–H and O–H groups in total. The van der Waals surface area contributed by atoms with Gasteiger partial charge in [-0.15, -0.1) is 0 Å². The Labute approximate surface area is 107 Å². The zero-order valence-electron chi connectivity index (χ0n) is 10.6. The maximum absolute atomic E-state index is 11.0. The van der Waals surface area contributed by atoms with Crippen LogP contribution in [0.25, 0.3) is 0 Å². The standard InChI is InChI=1S/C16H16O2/c1-16(2,14-9-4-3-5-10-14)18-15-11-7-6-8-13(15)12-17/h3-12H,1-2H3. The minimum atomic E-state index is -0.472. The molecule has 0 unspecified atom stereocenters. The van der Waals surface area contributed by atoms with Gasteiger partial charge in [-0.1, -0.05) is 42.5 Å². The topological polar surface area (TPSA) is 26.3 Å². The molecular weight excluding hydrogens is 224 g/mol. The van der Waals surface area contributed by atoms with Gasteiger partial charge in [-0.05, 0) is 31.5 Å². The molecule has 0 bridgehead atoms. The van der Waals surface area contributed by atoms with Crippen LogP contribution in [0.2, 0.25) is 0 Å². The number of carbonyl (C=O) groups is 1. The lowest BCUT2D eigenvalue weighted by Crippen LogP contribution is -2.25. The highest BCUT2D eigenvalue weighted by Gasteiger charge is 2.23. The summed E-state index contributed by atoms with van der Waals surface area (Å²) < 4.78 is 5.98. The van der Waals surface area contributed by atoms with Crippen molar-refractivity contribution in [2.75, 3.05) is 0 Å². The van der Waals surface area contributed by atoms with Crippen LogP contribution in [-0.2, 0) is 5.60 Å². The Morgan fingerprint density at radius 2 is 1.56 bits per heavy atom. The van der Waals surface area contributed by atoms with Gasteiger partial charge in [0.1, 0.15) is 11.4 Å². The van der Waals surface area contributed by atoms with Gasteiger partial charge in [0.15, 0.2) is 6.29 Å². The Balaban J connectivity index is 2.30.